The third kappa shape index (κ3) is 43.3. The molecule has 1 aromatic rings. The number of carboxylic acid groups (broad SMARTS) is 3. The Morgan fingerprint density at radius 3 is 1.32 bits per heavy atom. The van der Waals surface area contributed by atoms with Gasteiger partial charge in [0.25, 0.3) is 5.97 Å². The number of benzene rings is 1. The predicted molar refractivity (Wildman–Crippen MR) is 271 cm³/mol. The predicted octanol–water partition coefficient (Wildman–Crippen LogP) is -3.22. The number of esters is 2. The van der Waals surface area contributed by atoms with Crippen LogP contribution in [0.3, 0.4) is 0 Å². The molecule has 0 unspecified atom stereocenters. The average Bonchev–Trinajstić information content (AvgIpc) is 3.65. The fourth-order valence-electron chi connectivity index (χ4n) is 6.34. The molecule has 0 amide bonds. The van der Waals surface area contributed by atoms with Crippen LogP contribution in [0.5, 0.6) is 17.2 Å². The van der Waals surface area contributed by atoms with Gasteiger partial charge in [-0.2, -0.15) is 0 Å². The van der Waals surface area contributed by atoms with Crippen LogP contribution in [-0.2, 0) is 99.8 Å². The molecule has 0 bridgehead atoms. The summed E-state index contributed by atoms with van der Waals surface area (Å²) in [4.78, 5) is 63.8. The second kappa shape index (κ2) is 44.5. The van der Waals surface area contributed by atoms with Gasteiger partial charge in [-0.25, -0.2) is 0 Å². The summed E-state index contributed by atoms with van der Waals surface area (Å²) in [6, 6.07) is 3.22. The fourth-order valence-corrected chi connectivity index (χ4v) is 6.34. The zero-order valence-corrected chi connectivity index (χ0v) is 53.6. The standard InChI is InChI=1S/C51H85N3O22.Mn.2Na/c1-49(2,3)73-27-21-66-15-12-63-18-24-69-40-30-39(38-72-46(61)36-52(33-43(55)56)10-11-54-37-47(62)76-42(54)32-53(34-44(57)58)35-45(59)60)31-41(70-25-19-64-13-16-67-22-28-74-50(4,5)6)48(40)71-26-20-65-14-17-68-23-29-75-51(7,8)9;;;/h10,30-31H,11-29,32-38H2,1-9H3,(H,55,56)(H,57,58)(H,59,60);;;/q-2;;2*+1. The minimum atomic E-state index is -1.30. The van der Waals surface area contributed by atoms with Gasteiger partial charge in [0.15, 0.2) is 11.5 Å². The van der Waals surface area contributed by atoms with E-state index in [1.807, 2.05) is 62.3 Å². The van der Waals surface area contributed by atoms with Crippen molar-refractivity contribution in [3.8, 4) is 17.2 Å². The SMILES string of the molecule is CC(C)(C)OCCOCCOCCOc1cc(COC(=O)CN([CH-]CN2CC(=O)O[C-]2CN(CC(=O)O)CC(=O)O)CC(=O)O)cc(OCCOCCOCCOC(C)(C)C)c1OCCOCCOCCOC(C)(C)C.[Mn].[Na+].[Na+]. The molecule has 3 N–H and O–H groups in total. The van der Waals surface area contributed by atoms with Crippen molar-refractivity contribution in [3.05, 3.63) is 30.5 Å². The molecule has 0 saturated carbocycles. The number of aliphatic carboxylic acids is 3. The third-order valence-corrected chi connectivity index (χ3v) is 9.54. The van der Waals surface area contributed by atoms with Gasteiger partial charge in [0, 0.05) is 17.1 Å². The van der Waals surface area contributed by atoms with Crippen molar-refractivity contribution in [1.82, 2.24) is 14.7 Å². The molecule has 0 atom stereocenters. The average molecular weight is 1190 g/mol. The summed E-state index contributed by atoms with van der Waals surface area (Å²) in [5.74, 6) is -4.69. The van der Waals surface area contributed by atoms with E-state index >= 15 is 0 Å². The van der Waals surface area contributed by atoms with E-state index in [0.29, 0.717) is 84.8 Å². The van der Waals surface area contributed by atoms with Crippen LogP contribution in [0.4, 0.5) is 0 Å². The van der Waals surface area contributed by atoms with Crippen LogP contribution in [0.15, 0.2) is 12.1 Å². The zero-order valence-electron chi connectivity index (χ0n) is 48.4. The number of nitrogens with zero attached hydrogens (tertiary/aromatic N) is 3. The van der Waals surface area contributed by atoms with Gasteiger partial charge in [-0.3, -0.25) is 30.5 Å². The van der Waals surface area contributed by atoms with Gasteiger partial charge in [0.05, 0.1) is 149 Å². The Balaban J connectivity index is 0. The van der Waals surface area contributed by atoms with E-state index in [4.69, 9.17) is 66.3 Å². The first-order valence-electron chi connectivity index (χ1n) is 25.2. The van der Waals surface area contributed by atoms with Gasteiger partial charge >= 0.3 is 83.0 Å². The van der Waals surface area contributed by atoms with Crippen LogP contribution in [-0.4, -0.2) is 241 Å². The summed E-state index contributed by atoms with van der Waals surface area (Å²) < 4.78 is 80.6. The molecular weight excluding hydrogens is 1110 g/mol. The molecule has 1 saturated heterocycles. The van der Waals surface area contributed by atoms with E-state index < -0.39 is 56.0 Å². The monoisotopic (exact) mass is 1190 g/mol. The van der Waals surface area contributed by atoms with Gasteiger partial charge in [0.1, 0.15) is 26.4 Å². The number of carbonyl (C=O) groups excluding carboxylic acids is 2. The van der Waals surface area contributed by atoms with Crippen molar-refractivity contribution in [3.63, 3.8) is 0 Å². The van der Waals surface area contributed by atoms with Gasteiger partial charge in [0.2, 0.25) is 5.75 Å². The van der Waals surface area contributed by atoms with Crippen molar-refractivity contribution in [1.29, 1.82) is 0 Å². The van der Waals surface area contributed by atoms with Gasteiger partial charge < -0.3 is 96.3 Å². The van der Waals surface area contributed by atoms with Crippen LogP contribution in [0, 0.1) is 12.8 Å². The Bertz CT molecular complexity index is 1770. The van der Waals surface area contributed by atoms with Crippen molar-refractivity contribution < 1.29 is 182 Å². The Morgan fingerprint density at radius 1 is 0.570 bits per heavy atom. The molecule has 0 aliphatic carbocycles. The number of rotatable bonds is 45. The second-order valence-corrected chi connectivity index (χ2v) is 19.8. The first-order chi connectivity index (χ1) is 35.9. The molecule has 1 radical (unpaired) electrons. The molecule has 0 spiro atoms. The summed E-state index contributed by atoms with van der Waals surface area (Å²) in [7, 11) is 0. The summed E-state index contributed by atoms with van der Waals surface area (Å²) in [6.45, 7) is 20.7. The summed E-state index contributed by atoms with van der Waals surface area (Å²) >= 11 is 0. The van der Waals surface area contributed by atoms with Crippen molar-refractivity contribution in [2.75, 3.05) is 165 Å². The second-order valence-electron chi connectivity index (χ2n) is 19.8. The molecule has 28 heteroatoms. The quantitative estimate of drug-likeness (QED) is 0.0251. The number of carbonyl (C=O) groups is 5. The minimum absolute atomic E-state index is 0. The van der Waals surface area contributed by atoms with Crippen molar-refractivity contribution in [2.45, 2.75) is 85.7 Å². The van der Waals surface area contributed by atoms with E-state index in [1.165, 1.54) is 11.4 Å². The summed E-state index contributed by atoms with van der Waals surface area (Å²) in [5, 5.41) is 28.2. The molecule has 445 valence electrons. The van der Waals surface area contributed by atoms with Crippen LogP contribution < -0.4 is 73.3 Å². The number of carboxylic acids is 3. The maximum atomic E-state index is 13.4. The van der Waals surface area contributed by atoms with Gasteiger partial charge in [-0.05, 0) is 80.0 Å². The fraction of sp³-hybridized carbons (Fsp3) is 0.745. The summed E-state index contributed by atoms with van der Waals surface area (Å²) in [5.41, 5.74) is -0.395. The molecule has 2 rings (SSSR count). The Labute approximate surface area is 520 Å². The molecule has 1 aliphatic heterocycles. The van der Waals surface area contributed by atoms with E-state index in [1.54, 1.807) is 12.1 Å². The molecule has 1 fully saturated rings. The maximum Gasteiger partial charge on any atom is 1.00 e. The largest absolute Gasteiger partial charge is 1.00 e. The van der Waals surface area contributed by atoms with Crippen LogP contribution in [0.2, 0.25) is 0 Å². The van der Waals surface area contributed by atoms with Crippen molar-refractivity contribution >= 4 is 29.8 Å². The first-order valence-corrected chi connectivity index (χ1v) is 25.2. The first kappa shape index (κ1) is 79.1. The van der Waals surface area contributed by atoms with Gasteiger partial charge in [-0.1, -0.05) is 12.8 Å². The number of hydrogen-bond donors (Lipinski definition) is 3. The van der Waals surface area contributed by atoms with Crippen molar-refractivity contribution in [2.24, 2.45) is 0 Å². The van der Waals surface area contributed by atoms with Crippen LogP contribution >= 0.6 is 0 Å². The number of cyclic esters (lactones) is 1. The van der Waals surface area contributed by atoms with Crippen LogP contribution in [0.1, 0.15) is 67.9 Å². The molecule has 25 nitrogen and oxygen atoms in total. The maximum absolute atomic E-state index is 13.4. The van der Waals surface area contributed by atoms with E-state index in [9.17, 15) is 39.3 Å². The number of ether oxygens (including phenoxy) is 14. The Kier molecular flexibility index (Phi) is 44.6. The number of hydrogen-bond acceptors (Lipinski definition) is 22. The van der Waals surface area contributed by atoms with E-state index in [2.05, 4.69) is 0 Å². The molecule has 0 aromatic heterocycles. The normalized spacial score (nSPS) is 13.1. The zero-order chi connectivity index (χ0) is 56.4. The molecular formula is C51H85MnN3Na2O22. The smallest absolute Gasteiger partial charge is 0.617 e. The molecule has 1 aliphatic rings. The topological polar surface area (TPSA) is 285 Å². The van der Waals surface area contributed by atoms with E-state index in [0.717, 1.165) is 9.80 Å². The Hall–Kier alpha value is -1.99. The minimum Gasteiger partial charge on any atom is -0.617 e. The summed E-state index contributed by atoms with van der Waals surface area (Å²) in [6.07, 6.45) is -0.0445. The molecule has 79 heavy (non-hydrogen) atoms. The van der Waals surface area contributed by atoms with E-state index in [-0.39, 0.29) is 182 Å². The van der Waals surface area contributed by atoms with Gasteiger partial charge in [-0.15, -0.1) is 6.54 Å². The Morgan fingerprint density at radius 2 is 0.937 bits per heavy atom. The third-order valence-electron chi connectivity index (χ3n) is 9.54. The van der Waals surface area contributed by atoms with Crippen LogP contribution in [0.25, 0.3) is 0 Å². The molecule has 1 heterocycles. The molecule has 1 aromatic carbocycles.